The van der Waals surface area contributed by atoms with Crippen molar-refractivity contribution in [3.8, 4) is 11.3 Å². The zero-order chi connectivity index (χ0) is 15.5. The van der Waals surface area contributed by atoms with Crippen LogP contribution in [0.2, 0.25) is 0 Å². The summed E-state index contributed by atoms with van der Waals surface area (Å²) in [4.78, 5) is 17.1. The van der Waals surface area contributed by atoms with Crippen molar-refractivity contribution in [3.05, 3.63) is 78.2 Å². The van der Waals surface area contributed by atoms with Gasteiger partial charge in [-0.3, -0.25) is 0 Å². The van der Waals surface area contributed by atoms with Gasteiger partial charge in [0.25, 0.3) is 0 Å². The Hall–Kier alpha value is -1.75. The molecule has 0 atom stereocenters. The number of rotatable bonds is 4. The van der Waals surface area contributed by atoms with Crippen molar-refractivity contribution in [2.75, 3.05) is 0 Å². The summed E-state index contributed by atoms with van der Waals surface area (Å²) in [5.74, 6) is 0. The van der Waals surface area contributed by atoms with Crippen molar-refractivity contribution in [1.29, 1.82) is 0 Å². The van der Waals surface area contributed by atoms with Crippen molar-refractivity contribution < 1.29 is 4.92 Å². The van der Waals surface area contributed by atoms with Gasteiger partial charge in [0.15, 0.2) is 0 Å². The van der Waals surface area contributed by atoms with Gasteiger partial charge in [-0.2, -0.15) is 0 Å². The van der Waals surface area contributed by atoms with Crippen LogP contribution in [0, 0.1) is 10.1 Å². The van der Waals surface area contributed by atoms with E-state index in [2.05, 4.69) is 20.9 Å². The van der Waals surface area contributed by atoms with Gasteiger partial charge in [0.05, 0.1) is 0 Å². The summed E-state index contributed by atoms with van der Waals surface area (Å²) >= 11 is 3.67. The molecule has 0 unspecified atom stereocenters. The summed E-state index contributed by atoms with van der Waals surface area (Å²) in [6, 6.07) is 14.8. The van der Waals surface area contributed by atoms with Gasteiger partial charge < -0.3 is 0 Å². The predicted octanol–water partition coefficient (Wildman–Crippen LogP) is 4.07. The van der Waals surface area contributed by atoms with Crippen molar-refractivity contribution in [2.24, 2.45) is 0 Å². The minimum atomic E-state index is -0.381. The summed E-state index contributed by atoms with van der Waals surface area (Å²) in [5.41, 5.74) is 3.31. The molecule has 0 N–H and O–H groups in total. The number of nitro benzene ring substituents is 1. The van der Waals surface area contributed by atoms with Crippen molar-refractivity contribution >= 4 is 36.1 Å². The topological polar surface area (TPSA) is 56.0 Å². The predicted molar refractivity (Wildman–Crippen MR) is 90.2 cm³/mol. The zero-order valence-electron chi connectivity index (χ0n) is 11.4. The molecule has 0 aliphatic carbocycles. The average molecular weight is 422 g/mol. The molecule has 0 radical (unpaired) electrons. The van der Waals surface area contributed by atoms with Crippen LogP contribution < -0.4 is 0 Å². The van der Waals surface area contributed by atoms with E-state index in [1.165, 1.54) is 0 Å². The van der Waals surface area contributed by atoms with Crippen LogP contribution in [0.1, 0.15) is 10.1 Å². The number of halogens is 1. The summed E-state index contributed by atoms with van der Waals surface area (Å²) in [5, 5.41) is 10.7. The molecule has 110 valence electrons. The van der Waals surface area contributed by atoms with Crippen molar-refractivity contribution in [1.82, 2.24) is 4.98 Å². The average Bonchev–Trinajstić information content (AvgIpc) is 2.97. The molecule has 22 heavy (non-hydrogen) atoms. The molecule has 3 aromatic rings. The van der Waals surface area contributed by atoms with Gasteiger partial charge in [-0.05, 0) is 0 Å². The zero-order valence-corrected chi connectivity index (χ0v) is 14.7. The fourth-order valence-electron chi connectivity index (χ4n) is 2.06. The fourth-order valence-corrected chi connectivity index (χ4v) is 4.08. The van der Waals surface area contributed by atoms with E-state index < -0.39 is 0 Å². The molecule has 1 heterocycles. The molecule has 0 saturated carbocycles. The number of hydrogen-bond donors (Lipinski definition) is 0. The van der Waals surface area contributed by atoms with Crippen LogP contribution in [0.15, 0.2) is 57.9 Å². The first-order valence-corrected chi connectivity index (χ1v) is 9.19. The fraction of sp³-hybridized carbons (Fsp3) is 0.0625. The summed E-state index contributed by atoms with van der Waals surface area (Å²) in [6.07, 6.45) is 0.745. The Labute approximate surface area is 141 Å². The molecular weight excluding hydrogens is 411 g/mol. The third-order valence-electron chi connectivity index (χ3n) is 3.19. The van der Waals surface area contributed by atoms with Crippen LogP contribution in [0.25, 0.3) is 11.3 Å². The second-order valence-corrected chi connectivity index (χ2v) is 7.63. The van der Waals surface area contributed by atoms with Crippen LogP contribution in [0.3, 0.4) is 0 Å². The summed E-state index contributed by atoms with van der Waals surface area (Å²) in [6.45, 7) is 0. The monoisotopic (exact) mass is 422 g/mol. The summed E-state index contributed by atoms with van der Waals surface area (Å²) < 4.78 is 2.19. The van der Waals surface area contributed by atoms with E-state index in [4.69, 9.17) is 4.98 Å². The molecule has 0 amide bonds. The van der Waals surface area contributed by atoms with Gasteiger partial charge in [0.1, 0.15) is 0 Å². The Bertz CT molecular complexity index is 798. The molecule has 0 bridgehead atoms. The second-order valence-electron chi connectivity index (χ2n) is 4.73. The quantitative estimate of drug-likeness (QED) is 0.362. The SMILES string of the molecule is O=[N+]([O-])c1ccc(Cc2nc(-c3ccc(Br)cc3)c[se]2)cc1. The normalized spacial score (nSPS) is 10.6. The Morgan fingerprint density at radius 1 is 1.09 bits per heavy atom. The molecule has 4 nitrogen and oxygen atoms in total. The molecule has 6 heteroatoms. The van der Waals surface area contributed by atoms with Crippen molar-refractivity contribution in [3.63, 3.8) is 0 Å². The molecule has 1 aromatic heterocycles. The number of benzene rings is 2. The van der Waals surface area contributed by atoms with Crippen LogP contribution >= 0.6 is 15.9 Å². The Morgan fingerprint density at radius 3 is 2.41 bits per heavy atom. The van der Waals surface area contributed by atoms with Crippen LogP contribution in [-0.4, -0.2) is 24.4 Å². The number of non-ortho nitro benzene ring substituents is 1. The first kappa shape index (κ1) is 15.2. The third-order valence-corrected chi connectivity index (χ3v) is 5.50. The van der Waals surface area contributed by atoms with Gasteiger partial charge in [-0.25, -0.2) is 0 Å². The maximum atomic E-state index is 10.7. The third kappa shape index (κ3) is 3.52. The molecule has 0 aliphatic rings. The minimum absolute atomic E-state index is 0.122. The van der Waals surface area contributed by atoms with E-state index in [0.717, 1.165) is 32.3 Å². The van der Waals surface area contributed by atoms with E-state index in [1.54, 1.807) is 24.3 Å². The summed E-state index contributed by atoms with van der Waals surface area (Å²) in [7, 11) is 0. The van der Waals surface area contributed by atoms with Gasteiger partial charge >= 0.3 is 142 Å². The first-order chi connectivity index (χ1) is 10.6. The number of aromatic nitrogens is 1. The second kappa shape index (κ2) is 6.56. The number of hydrogen-bond acceptors (Lipinski definition) is 3. The molecule has 0 aliphatic heterocycles. The molecule has 0 fully saturated rings. The number of nitro groups is 1. The van der Waals surface area contributed by atoms with E-state index >= 15 is 0 Å². The van der Waals surface area contributed by atoms with Crippen LogP contribution in [0.4, 0.5) is 5.69 Å². The van der Waals surface area contributed by atoms with E-state index in [0.29, 0.717) is 0 Å². The van der Waals surface area contributed by atoms with Crippen molar-refractivity contribution in [2.45, 2.75) is 6.42 Å². The molecule has 3 rings (SSSR count). The van der Waals surface area contributed by atoms with Crippen LogP contribution in [-0.2, 0) is 6.42 Å². The van der Waals surface area contributed by atoms with Gasteiger partial charge in [0.2, 0.25) is 0 Å². The van der Waals surface area contributed by atoms with Gasteiger partial charge in [-0.15, -0.1) is 0 Å². The molecular formula is C16H11BrN2O2Se. The van der Waals surface area contributed by atoms with E-state index in [9.17, 15) is 10.1 Å². The molecule has 0 spiro atoms. The van der Waals surface area contributed by atoms with Gasteiger partial charge in [-0.1, -0.05) is 0 Å². The van der Waals surface area contributed by atoms with Gasteiger partial charge in [0, 0.05) is 0 Å². The Balaban J connectivity index is 1.76. The molecule has 0 saturated heterocycles. The van der Waals surface area contributed by atoms with E-state index in [-0.39, 0.29) is 25.1 Å². The van der Waals surface area contributed by atoms with Crippen LogP contribution in [0.5, 0.6) is 0 Å². The van der Waals surface area contributed by atoms with E-state index in [1.807, 2.05) is 24.3 Å². The standard InChI is InChI=1S/C16H11BrN2O2Se/c17-13-5-3-12(4-6-13)15-10-22-16(18-15)9-11-1-7-14(8-2-11)19(20)21/h1-8,10H,9H2. The Kier molecular flexibility index (Phi) is 4.52. The number of nitrogens with zero attached hydrogens (tertiary/aromatic N) is 2. The first-order valence-electron chi connectivity index (χ1n) is 6.55. The maximum absolute atomic E-state index is 10.7. The Morgan fingerprint density at radius 2 is 1.77 bits per heavy atom. The molecule has 2 aromatic carbocycles.